The molecule has 212 valence electrons. The monoisotopic (exact) mass is 561 g/mol. The molecule has 1 aliphatic rings. The highest BCUT2D eigenvalue weighted by Gasteiger charge is 2.56. The van der Waals surface area contributed by atoms with Gasteiger partial charge in [-0.2, -0.15) is 0 Å². The molecule has 1 heterocycles. The van der Waals surface area contributed by atoms with Gasteiger partial charge in [-0.1, -0.05) is 112 Å². The summed E-state index contributed by atoms with van der Waals surface area (Å²) in [4.78, 5) is 0. The number of benzene rings is 5. The Morgan fingerprint density at radius 2 is 0.698 bits per heavy atom. The van der Waals surface area contributed by atoms with Gasteiger partial charge in [0.05, 0.1) is 0 Å². The molecule has 0 amide bonds. The predicted molar refractivity (Wildman–Crippen MR) is 187 cm³/mol. The standard InChI is InChI=1S/C36H38B3N3O/c1-26-22-28(3)35(29(4)23-26)37-40(32-16-10-7-11-17-32)38(36-30(5)24-27(2)25-31(36)6)42(34-20-14-9-15-21-34)39(43)41(37)33-18-12-8-13-19-33/h7-25,43H,1-6H3. The predicted octanol–water partition coefficient (Wildman–Crippen LogP) is 6.14. The maximum absolute atomic E-state index is 12.8. The van der Waals surface area contributed by atoms with E-state index < -0.39 is 7.19 Å². The molecular weight excluding hydrogens is 523 g/mol. The van der Waals surface area contributed by atoms with Crippen LogP contribution in [0.25, 0.3) is 0 Å². The van der Waals surface area contributed by atoms with Crippen LogP contribution in [-0.4, -0.2) is 26.2 Å². The van der Waals surface area contributed by atoms with Crippen molar-refractivity contribution in [2.75, 3.05) is 14.2 Å². The number of hydrogen-bond donors (Lipinski definition) is 1. The molecule has 0 saturated carbocycles. The van der Waals surface area contributed by atoms with E-state index in [1.165, 1.54) is 44.3 Å². The van der Waals surface area contributed by atoms with Crippen molar-refractivity contribution in [3.63, 3.8) is 0 Å². The van der Waals surface area contributed by atoms with E-state index in [0.29, 0.717) is 0 Å². The largest absolute Gasteiger partial charge is 0.522 e. The molecule has 0 aromatic heterocycles. The molecule has 1 saturated heterocycles. The van der Waals surface area contributed by atoms with Crippen LogP contribution in [0, 0.1) is 41.5 Å². The Labute approximate surface area is 258 Å². The smallest absolute Gasteiger partial charge is 0.416 e. The Hall–Kier alpha value is -4.35. The third kappa shape index (κ3) is 5.23. The second kappa shape index (κ2) is 11.7. The van der Waals surface area contributed by atoms with Gasteiger partial charge in [-0.3, -0.25) is 0 Å². The molecule has 4 nitrogen and oxygen atoms in total. The van der Waals surface area contributed by atoms with Crippen molar-refractivity contribution >= 4 is 49.1 Å². The summed E-state index contributed by atoms with van der Waals surface area (Å²) in [6, 6.07) is 40.4. The van der Waals surface area contributed by atoms with Gasteiger partial charge in [-0.15, -0.1) is 0 Å². The van der Waals surface area contributed by atoms with E-state index in [1.807, 2.05) is 36.4 Å². The minimum Gasteiger partial charge on any atom is -0.416 e. The van der Waals surface area contributed by atoms with Crippen LogP contribution < -0.4 is 25.1 Å². The van der Waals surface area contributed by atoms with E-state index in [2.05, 4.69) is 135 Å². The quantitative estimate of drug-likeness (QED) is 0.262. The summed E-state index contributed by atoms with van der Waals surface area (Å²) in [5.41, 5.74) is 12.7. The summed E-state index contributed by atoms with van der Waals surface area (Å²) in [5, 5.41) is 12.8. The van der Waals surface area contributed by atoms with Crippen LogP contribution in [0.4, 0.5) is 17.1 Å². The van der Waals surface area contributed by atoms with Crippen molar-refractivity contribution in [3.05, 3.63) is 149 Å². The van der Waals surface area contributed by atoms with Gasteiger partial charge in [0, 0.05) is 17.1 Å². The second-order valence-electron chi connectivity index (χ2n) is 11.9. The zero-order chi connectivity index (χ0) is 30.2. The summed E-state index contributed by atoms with van der Waals surface area (Å²) in [5.74, 6) is 0. The third-order valence-electron chi connectivity index (χ3n) is 8.71. The van der Waals surface area contributed by atoms with Gasteiger partial charge in [0.1, 0.15) is 0 Å². The molecule has 0 aliphatic carbocycles. The van der Waals surface area contributed by atoms with Gasteiger partial charge in [0.25, 0.3) is 0 Å². The fraction of sp³-hybridized carbons (Fsp3) is 0.167. The highest BCUT2D eigenvalue weighted by atomic mass is 16.2. The molecule has 1 N–H and O–H groups in total. The fourth-order valence-corrected chi connectivity index (χ4v) is 7.17. The third-order valence-corrected chi connectivity index (χ3v) is 8.71. The number of rotatable bonds is 5. The van der Waals surface area contributed by atoms with Gasteiger partial charge < -0.3 is 19.2 Å². The number of nitrogens with zero attached hydrogens (tertiary/aromatic N) is 3. The summed E-state index contributed by atoms with van der Waals surface area (Å²) < 4.78 is 6.88. The van der Waals surface area contributed by atoms with Crippen molar-refractivity contribution in [2.24, 2.45) is 0 Å². The summed E-state index contributed by atoms with van der Waals surface area (Å²) >= 11 is 0. The zero-order valence-corrected chi connectivity index (χ0v) is 26.0. The van der Waals surface area contributed by atoms with E-state index in [-0.39, 0.29) is 14.0 Å². The summed E-state index contributed by atoms with van der Waals surface area (Å²) in [6.45, 7) is 12.5. The summed E-state index contributed by atoms with van der Waals surface area (Å²) in [7, 11) is -0.958. The molecule has 1 aliphatic heterocycles. The van der Waals surface area contributed by atoms with Crippen LogP contribution in [0.2, 0.25) is 0 Å². The first-order chi connectivity index (χ1) is 20.8. The minimum atomic E-state index is -0.958. The van der Waals surface area contributed by atoms with Crippen molar-refractivity contribution in [3.8, 4) is 0 Å². The molecule has 6 rings (SSSR count). The number of para-hydroxylation sites is 3. The molecule has 43 heavy (non-hydrogen) atoms. The lowest BCUT2D eigenvalue weighted by Crippen LogP contribution is -2.85. The Kier molecular flexibility index (Phi) is 7.85. The molecule has 0 radical (unpaired) electrons. The van der Waals surface area contributed by atoms with Crippen LogP contribution in [0.3, 0.4) is 0 Å². The second-order valence-corrected chi connectivity index (χ2v) is 11.9. The summed E-state index contributed by atoms with van der Waals surface area (Å²) in [6.07, 6.45) is 0. The maximum Gasteiger partial charge on any atom is 0.522 e. The first-order valence-corrected chi connectivity index (χ1v) is 15.1. The number of hydrogen-bond acceptors (Lipinski definition) is 4. The molecule has 7 heteroatoms. The Balaban J connectivity index is 1.74. The molecule has 0 unspecified atom stereocenters. The van der Waals surface area contributed by atoms with Gasteiger partial charge in [-0.25, -0.2) is 0 Å². The van der Waals surface area contributed by atoms with Crippen molar-refractivity contribution in [2.45, 2.75) is 41.5 Å². The molecule has 0 bridgehead atoms. The molecular formula is C36H38B3N3O. The maximum atomic E-state index is 12.8. The average Bonchev–Trinajstić information content (AvgIpc) is 2.98. The van der Waals surface area contributed by atoms with Gasteiger partial charge in [0.2, 0.25) is 0 Å². The average molecular weight is 561 g/mol. The van der Waals surface area contributed by atoms with E-state index in [4.69, 9.17) is 0 Å². The van der Waals surface area contributed by atoms with Crippen LogP contribution >= 0.6 is 0 Å². The zero-order valence-electron chi connectivity index (χ0n) is 26.0. The number of anilines is 3. The van der Waals surface area contributed by atoms with Crippen molar-refractivity contribution < 1.29 is 5.02 Å². The lowest BCUT2D eigenvalue weighted by Gasteiger charge is -2.55. The normalized spacial score (nSPS) is 13.7. The SMILES string of the molecule is Cc1cc(C)c(B2N(c3ccccc3)B(O)N(c3ccccc3)B(c3c(C)cc(C)cc3C)N2c2ccccc2)c(C)c1. The van der Waals surface area contributed by atoms with E-state index in [0.717, 1.165) is 17.1 Å². The molecule has 1 fully saturated rings. The first kappa shape index (κ1) is 28.8. The van der Waals surface area contributed by atoms with Crippen LogP contribution in [0.1, 0.15) is 33.4 Å². The number of aryl methyl sites for hydroxylation is 6. The minimum absolute atomic E-state index is 0.300. The van der Waals surface area contributed by atoms with Gasteiger partial charge in [0.15, 0.2) is 0 Å². The van der Waals surface area contributed by atoms with Crippen LogP contribution in [0.15, 0.2) is 115 Å². The Bertz CT molecular complexity index is 1580. The molecule has 5 aromatic rings. The van der Waals surface area contributed by atoms with Crippen molar-refractivity contribution in [1.82, 2.24) is 0 Å². The lowest BCUT2D eigenvalue weighted by molar-refractivity contribution is 0.572. The Morgan fingerprint density at radius 3 is 1.00 bits per heavy atom. The highest BCUT2D eigenvalue weighted by Crippen LogP contribution is 2.34. The van der Waals surface area contributed by atoms with Crippen LogP contribution in [0.5, 0.6) is 0 Å². The molecule has 0 spiro atoms. The van der Waals surface area contributed by atoms with Gasteiger partial charge >= 0.3 is 21.2 Å². The van der Waals surface area contributed by atoms with E-state index >= 15 is 0 Å². The van der Waals surface area contributed by atoms with Gasteiger partial charge in [-0.05, 0) is 88.9 Å². The molecule has 5 aromatic carbocycles. The topological polar surface area (TPSA) is 30.0 Å². The highest BCUT2D eigenvalue weighted by molar-refractivity contribution is 7.11. The van der Waals surface area contributed by atoms with E-state index in [9.17, 15) is 5.02 Å². The van der Waals surface area contributed by atoms with Crippen LogP contribution in [-0.2, 0) is 0 Å². The van der Waals surface area contributed by atoms with E-state index in [1.54, 1.807) is 0 Å². The van der Waals surface area contributed by atoms with Crippen molar-refractivity contribution in [1.29, 1.82) is 0 Å². The molecule has 0 atom stereocenters. The fourth-order valence-electron chi connectivity index (χ4n) is 7.17. The lowest BCUT2D eigenvalue weighted by atomic mass is 9.40. The Morgan fingerprint density at radius 1 is 0.419 bits per heavy atom. The first-order valence-electron chi connectivity index (χ1n) is 15.1.